The number of hydrogen-bond acceptors (Lipinski definition) is 5. The highest BCUT2D eigenvalue weighted by Crippen LogP contribution is 2.32. The lowest BCUT2D eigenvalue weighted by atomic mass is 10.1. The van der Waals surface area contributed by atoms with Gasteiger partial charge in [0.25, 0.3) is 5.91 Å². The van der Waals surface area contributed by atoms with E-state index in [0.29, 0.717) is 28.0 Å². The van der Waals surface area contributed by atoms with Crippen LogP contribution in [0.3, 0.4) is 0 Å². The summed E-state index contributed by atoms with van der Waals surface area (Å²) in [5.74, 6) is 0.537. The Morgan fingerprint density at radius 2 is 1.82 bits per heavy atom. The largest absolute Gasteiger partial charge is 0.480 e. The fourth-order valence-electron chi connectivity index (χ4n) is 3.04. The maximum atomic E-state index is 12.5. The van der Waals surface area contributed by atoms with E-state index in [-0.39, 0.29) is 5.91 Å². The van der Waals surface area contributed by atoms with Crippen molar-refractivity contribution in [3.8, 4) is 5.75 Å². The van der Waals surface area contributed by atoms with Crippen molar-refractivity contribution in [2.75, 3.05) is 5.32 Å². The van der Waals surface area contributed by atoms with Crippen molar-refractivity contribution in [3.63, 3.8) is 0 Å². The number of nitrogens with zero attached hydrogens (tertiary/aromatic N) is 2. The van der Waals surface area contributed by atoms with Crippen molar-refractivity contribution < 1.29 is 9.53 Å². The monoisotopic (exact) mass is 411 g/mol. The van der Waals surface area contributed by atoms with Crippen LogP contribution in [0.1, 0.15) is 17.0 Å². The number of nitrogens with one attached hydrogen (secondary N) is 1. The predicted molar refractivity (Wildman–Crippen MR) is 110 cm³/mol. The number of amides is 1. The second-order valence-corrected chi connectivity index (χ2v) is 8.09. The van der Waals surface area contributed by atoms with Crippen molar-refractivity contribution in [2.24, 2.45) is 0 Å². The van der Waals surface area contributed by atoms with Gasteiger partial charge in [0.15, 0.2) is 11.3 Å². The molecular weight excluding hydrogens is 394 g/mol. The van der Waals surface area contributed by atoms with Crippen LogP contribution >= 0.6 is 23.4 Å². The number of fused-ring (bicyclic) bond motifs is 1. The van der Waals surface area contributed by atoms with E-state index in [1.165, 1.54) is 11.8 Å². The zero-order valence-electron chi connectivity index (χ0n) is 15.4. The number of anilines is 1. The zero-order chi connectivity index (χ0) is 19.7. The van der Waals surface area contributed by atoms with Gasteiger partial charge in [0.2, 0.25) is 0 Å². The van der Waals surface area contributed by atoms with Crippen LogP contribution in [0.2, 0.25) is 5.02 Å². The second-order valence-electron chi connectivity index (χ2n) is 6.61. The number of halogens is 1. The van der Waals surface area contributed by atoms with Crippen LogP contribution in [0, 0.1) is 13.8 Å². The standard InChI is InChI=1S/C21H18ClN3O2S/c1-12-9-13(2)24-21(23-12)28-17-6-4-16(5-7-17)25-20(26)19-11-14-10-15(22)3-8-18(14)27-19/h3-10,19H,11H2,1-2H3,(H,25,26). The first-order valence-corrected chi connectivity index (χ1v) is 10.0. The molecule has 1 N–H and O–H groups in total. The van der Waals surface area contributed by atoms with E-state index >= 15 is 0 Å². The van der Waals surface area contributed by atoms with Crippen molar-refractivity contribution in [2.45, 2.75) is 36.4 Å². The summed E-state index contributed by atoms with van der Waals surface area (Å²) < 4.78 is 5.73. The van der Waals surface area contributed by atoms with E-state index in [2.05, 4.69) is 15.3 Å². The molecule has 0 aliphatic carbocycles. The number of benzene rings is 2. The van der Waals surface area contributed by atoms with E-state index in [1.807, 2.05) is 50.2 Å². The molecule has 0 saturated carbocycles. The lowest BCUT2D eigenvalue weighted by Gasteiger charge is -2.11. The number of rotatable bonds is 4. The lowest BCUT2D eigenvalue weighted by Crippen LogP contribution is -2.31. The lowest BCUT2D eigenvalue weighted by molar-refractivity contribution is -0.122. The van der Waals surface area contributed by atoms with Gasteiger partial charge in [-0.2, -0.15) is 0 Å². The number of ether oxygens (including phenoxy) is 1. The smallest absolute Gasteiger partial charge is 0.265 e. The summed E-state index contributed by atoms with van der Waals surface area (Å²) in [7, 11) is 0. The Kier molecular flexibility index (Phi) is 5.24. The number of carbonyl (C=O) groups excluding carboxylic acids is 1. The summed E-state index contributed by atoms with van der Waals surface area (Å²) in [6.07, 6.45) is -0.0362. The van der Waals surface area contributed by atoms with Gasteiger partial charge in [-0.25, -0.2) is 9.97 Å². The van der Waals surface area contributed by atoms with Gasteiger partial charge in [-0.1, -0.05) is 11.6 Å². The Labute approximate surface area is 172 Å². The van der Waals surface area contributed by atoms with Crippen LogP contribution in [0.25, 0.3) is 0 Å². The Balaban J connectivity index is 1.39. The Bertz CT molecular complexity index is 1020. The summed E-state index contributed by atoms with van der Waals surface area (Å²) in [4.78, 5) is 22.4. The number of aryl methyl sites for hydroxylation is 2. The molecule has 7 heteroatoms. The fraction of sp³-hybridized carbons (Fsp3) is 0.190. The molecule has 0 fully saturated rings. The molecule has 1 aromatic heterocycles. The Hall–Kier alpha value is -2.57. The van der Waals surface area contributed by atoms with Gasteiger partial charge in [-0.15, -0.1) is 0 Å². The van der Waals surface area contributed by atoms with Crippen molar-refractivity contribution >= 4 is 35.0 Å². The normalized spacial score (nSPS) is 15.0. The molecule has 2 heterocycles. The third-order valence-electron chi connectivity index (χ3n) is 4.28. The Morgan fingerprint density at radius 1 is 1.11 bits per heavy atom. The third kappa shape index (κ3) is 4.29. The zero-order valence-corrected chi connectivity index (χ0v) is 17.0. The van der Waals surface area contributed by atoms with Crippen LogP contribution in [0.5, 0.6) is 5.75 Å². The van der Waals surface area contributed by atoms with Crippen molar-refractivity contribution in [1.29, 1.82) is 0 Å². The second kappa shape index (κ2) is 7.81. The molecule has 0 spiro atoms. The average Bonchev–Trinajstić information content (AvgIpc) is 3.06. The molecule has 28 heavy (non-hydrogen) atoms. The van der Waals surface area contributed by atoms with Crippen LogP contribution in [-0.2, 0) is 11.2 Å². The van der Waals surface area contributed by atoms with E-state index in [1.54, 1.807) is 12.1 Å². The molecule has 4 rings (SSSR count). The minimum absolute atomic E-state index is 0.176. The molecule has 1 atom stereocenters. The van der Waals surface area contributed by atoms with Gasteiger partial charge < -0.3 is 10.1 Å². The SMILES string of the molecule is Cc1cc(C)nc(Sc2ccc(NC(=O)C3Cc4cc(Cl)ccc4O3)cc2)n1. The minimum Gasteiger partial charge on any atom is -0.480 e. The number of aromatic nitrogens is 2. The maximum absolute atomic E-state index is 12.5. The molecule has 0 bridgehead atoms. The Morgan fingerprint density at radius 3 is 2.54 bits per heavy atom. The first-order chi connectivity index (χ1) is 13.5. The molecule has 1 aliphatic rings. The average molecular weight is 412 g/mol. The highest BCUT2D eigenvalue weighted by Gasteiger charge is 2.29. The summed E-state index contributed by atoms with van der Waals surface area (Å²) >= 11 is 7.49. The quantitative estimate of drug-likeness (QED) is 0.622. The van der Waals surface area contributed by atoms with Crippen LogP contribution in [0.15, 0.2) is 58.6 Å². The molecule has 0 saturated heterocycles. The molecule has 5 nitrogen and oxygen atoms in total. The summed E-state index contributed by atoms with van der Waals surface area (Å²) in [6, 6.07) is 14.9. The topological polar surface area (TPSA) is 64.1 Å². The van der Waals surface area contributed by atoms with Gasteiger partial charge in [0.05, 0.1) is 0 Å². The van der Waals surface area contributed by atoms with Crippen LogP contribution in [-0.4, -0.2) is 22.0 Å². The highest BCUT2D eigenvalue weighted by atomic mass is 35.5. The summed E-state index contributed by atoms with van der Waals surface area (Å²) in [5, 5.41) is 4.26. The molecule has 1 unspecified atom stereocenters. The molecular formula is C21H18ClN3O2S. The van der Waals surface area contributed by atoms with E-state index in [4.69, 9.17) is 16.3 Å². The number of hydrogen-bond donors (Lipinski definition) is 1. The van der Waals surface area contributed by atoms with Crippen molar-refractivity contribution in [1.82, 2.24) is 9.97 Å². The molecule has 3 aromatic rings. The van der Waals surface area contributed by atoms with Crippen LogP contribution < -0.4 is 10.1 Å². The maximum Gasteiger partial charge on any atom is 0.265 e. The van der Waals surface area contributed by atoms with Gasteiger partial charge in [0, 0.05) is 33.4 Å². The molecule has 2 aromatic carbocycles. The summed E-state index contributed by atoms with van der Waals surface area (Å²) in [5.41, 5.74) is 3.55. The van der Waals surface area contributed by atoms with Crippen molar-refractivity contribution in [3.05, 3.63) is 70.5 Å². The van der Waals surface area contributed by atoms with Gasteiger partial charge in [0.1, 0.15) is 5.75 Å². The molecule has 1 amide bonds. The minimum atomic E-state index is -0.550. The van der Waals surface area contributed by atoms with Gasteiger partial charge >= 0.3 is 0 Å². The highest BCUT2D eigenvalue weighted by molar-refractivity contribution is 7.99. The molecule has 0 radical (unpaired) electrons. The first-order valence-electron chi connectivity index (χ1n) is 8.82. The van der Waals surface area contributed by atoms with E-state index in [0.717, 1.165) is 21.8 Å². The van der Waals surface area contributed by atoms with E-state index in [9.17, 15) is 4.79 Å². The molecule has 1 aliphatic heterocycles. The van der Waals surface area contributed by atoms with Crippen LogP contribution in [0.4, 0.5) is 5.69 Å². The fourth-order valence-corrected chi connectivity index (χ4v) is 4.09. The van der Waals surface area contributed by atoms with E-state index < -0.39 is 6.10 Å². The molecule has 142 valence electrons. The van der Waals surface area contributed by atoms with Gasteiger partial charge in [-0.05, 0) is 79.7 Å². The van der Waals surface area contributed by atoms with Gasteiger partial charge in [-0.3, -0.25) is 4.79 Å². The third-order valence-corrected chi connectivity index (χ3v) is 5.39. The predicted octanol–water partition coefficient (Wildman–Crippen LogP) is 4.84. The summed E-state index contributed by atoms with van der Waals surface area (Å²) in [6.45, 7) is 3.91. The first kappa shape index (κ1) is 18.8. The number of carbonyl (C=O) groups is 1.